The van der Waals surface area contributed by atoms with Gasteiger partial charge < -0.3 is 14.8 Å². The molecule has 1 aliphatic rings. The summed E-state index contributed by atoms with van der Waals surface area (Å²) in [6, 6.07) is 11.7. The smallest absolute Gasteiger partial charge is 0.264 e. The van der Waals surface area contributed by atoms with Crippen LogP contribution in [0, 0.1) is 19.8 Å². The SMILES string of the molecule is COc1cc(/C=C2\SC(=Nc3ccc(C)cc3C)NC2=O)ccc1OCCC(C)C. The average Bonchev–Trinajstić information content (AvgIpc) is 3.03. The number of carbonyl (C=O) groups is 1. The van der Waals surface area contributed by atoms with Gasteiger partial charge in [0.05, 0.1) is 24.3 Å². The van der Waals surface area contributed by atoms with Crippen LogP contribution in [0.4, 0.5) is 5.69 Å². The Labute approximate surface area is 182 Å². The van der Waals surface area contributed by atoms with Crippen molar-refractivity contribution in [2.75, 3.05) is 13.7 Å². The number of hydrogen-bond acceptors (Lipinski definition) is 5. The second-order valence-corrected chi connectivity index (χ2v) is 8.74. The predicted molar refractivity (Wildman–Crippen MR) is 125 cm³/mol. The minimum absolute atomic E-state index is 0.153. The van der Waals surface area contributed by atoms with Crippen LogP contribution in [0.15, 0.2) is 46.3 Å². The summed E-state index contributed by atoms with van der Waals surface area (Å²) in [4.78, 5) is 17.6. The Morgan fingerprint density at radius 1 is 1.13 bits per heavy atom. The van der Waals surface area contributed by atoms with Gasteiger partial charge in [-0.05, 0) is 73.4 Å². The van der Waals surface area contributed by atoms with Crippen molar-refractivity contribution in [1.29, 1.82) is 0 Å². The van der Waals surface area contributed by atoms with E-state index in [0.29, 0.717) is 34.1 Å². The third-order valence-electron chi connectivity index (χ3n) is 4.66. The molecule has 158 valence electrons. The number of nitrogens with zero attached hydrogens (tertiary/aromatic N) is 1. The fourth-order valence-electron chi connectivity index (χ4n) is 2.97. The molecule has 0 bridgehead atoms. The van der Waals surface area contributed by atoms with Gasteiger partial charge in [-0.2, -0.15) is 0 Å². The van der Waals surface area contributed by atoms with E-state index in [2.05, 4.69) is 30.2 Å². The third kappa shape index (κ3) is 5.66. The lowest BCUT2D eigenvalue weighted by Gasteiger charge is -2.12. The van der Waals surface area contributed by atoms with Gasteiger partial charge in [0.1, 0.15) is 0 Å². The Balaban J connectivity index is 1.76. The molecule has 1 saturated heterocycles. The Bertz CT molecular complexity index is 996. The zero-order valence-corrected chi connectivity index (χ0v) is 18.9. The molecule has 0 atom stereocenters. The molecule has 3 rings (SSSR count). The molecule has 30 heavy (non-hydrogen) atoms. The maximum Gasteiger partial charge on any atom is 0.264 e. The van der Waals surface area contributed by atoms with E-state index in [4.69, 9.17) is 9.47 Å². The van der Waals surface area contributed by atoms with E-state index in [1.165, 1.54) is 17.3 Å². The van der Waals surface area contributed by atoms with Gasteiger partial charge in [0.2, 0.25) is 0 Å². The van der Waals surface area contributed by atoms with E-state index in [1.807, 2.05) is 50.3 Å². The van der Waals surface area contributed by atoms with Crippen LogP contribution in [0.3, 0.4) is 0 Å². The molecule has 1 amide bonds. The standard InChI is InChI=1S/C24H28N2O3S/c1-15(2)10-11-29-20-9-7-18(13-21(20)28-5)14-22-23(27)26-24(30-22)25-19-8-6-16(3)12-17(19)4/h6-9,12-15H,10-11H2,1-5H3,(H,25,26,27)/b22-14-. The lowest BCUT2D eigenvalue weighted by molar-refractivity contribution is -0.115. The summed E-state index contributed by atoms with van der Waals surface area (Å²) < 4.78 is 11.3. The van der Waals surface area contributed by atoms with Crippen molar-refractivity contribution in [1.82, 2.24) is 5.32 Å². The molecule has 6 heteroatoms. The first-order valence-corrected chi connectivity index (χ1v) is 10.8. The van der Waals surface area contributed by atoms with Crippen molar-refractivity contribution < 1.29 is 14.3 Å². The van der Waals surface area contributed by atoms with E-state index >= 15 is 0 Å². The van der Waals surface area contributed by atoms with E-state index in [9.17, 15) is 4.79 Å². The average molecular weight is 425 g/mol. The molecule has 0 saturated carbocycles. The number of thioether (sulfide) groups is 1. The first-order chi connectivity index (χ1) is 14.4. The minimum atomic E-state index is -0.153. The number of amidine groups is 1. The Morgan fingerprint density at radius 3 is 2.63 bits per heavy atom. The molecule has 1 N–H and O–H groups in total. The Kier molecular flexibility index (Phi) is 7.21. The first-order valence-electron chi connectivity index (χ1n) is 10.0. The lowest BCUT2D eigenvalue weighted by Crippen LogP contribution is -2.19. The molecule has 0 aliphatic carbocycles. The number of benzene rings is 2. The largest absolute Gasteiger partial charge is 0.493 e. The van der Waals surface area contributed by atoms with Crippen molar-refractivity contribution in [3.05, 3.63) is 58.0 Å². The van der Waals surface area contributed by atoms with Gasteiger partial charge >= 0.3 is 0 Å². The van der Waals surface area contributed by atoms with E-state index in [-0.39, 0.29) is 5.91 Å². The normalized spacial score (nSPS) is 16.4. The van der Waals surface area contributed by atoms with Gasteiger partial charge in [0, 0.05) is 0 Å². The molecule has 1 heterocycles. The van der Waals surface area contributed by atoms with Crippen LogP contribution < -0.4 is 14.8 Å². The molecule has 2 aromatic rings. The van der Waals surface area contributed by atoms with Crippen LogP contribution in [-0.2, 0) is 4.79 Å². The maximum absolute atomic E-state index is 12.4. The van der Waals surface area contributed by atoms with Crippen molar-refractivity contribution in [2.24, 2.45) is 10.9 Å². The molecule has 0 unspecified atom stereocenters. The fraction of sp³-hybridized carbons (Fsp3) is 0.333. The molecular formula is C24H28N2O3S. The van der Waals surface area contributed by atoms with E-state index in [0.717, 1.165) is 23.2 Å². The summed E-state index contributed by atoms with van der Waals surface area (Å²) in [6.07, 6.45) is 2.82. The highest BCUT2D eigenvalue weighted by Gasteiger charge is 2.24. The minimum Gasteiger partial charge on any atom is -0.493 e. The monoisotopic (exact) mass is 424 g/mol. The summed E-state index contributed by atoms with van der Waals surface area (Å²) in [5.74, 6) is 1.79. The molecular weight excluding hydrogens is 396 g/mol. The van der Waals surface area contributed by atoms with Gasteiger partial charge in [0.15, 0.2) is 16.7 Å². The van der Waals surface area contributed by atoms with Crippen LogP contribution in [-0.4, -0.2) is 24.8 Å². The molecule has 0 spiro atoms. The number of hydrogen-bond donors (Lipinski definition) is 1. The summed E-state index contributed by atoms with van der Waals surface area (Å²) in [5.41, 5.74) is 3.99. The van der Waals surface area contributed by atoms with Gasteiger partial charge in [-0.15, -0.1) is 0 Å². The van der Waals surface area contributed by atoms with Crippen molar-refractivity contribution in [3.8, 4) is 11.5 Å². The number of carbonyl (C=O) groups excluding carboxylic acids is 1. The molecule has 2 aromatic carbocycles. The van der Waals surface area contributed by atoms with E-state index in [1.54, 1.807) is 7.11 Å². The zero-order valence-electron chi connectivity index (χ0n) is 18.1. The predicted octanol–water partition coefficient (Wildman–Crippen LogP) is 5.63. The van der Waals surface area contributed by atoms with E-state index < -0.39 is 0 Å². The second kappa shape index (κ2) is 9.85. The molecule has 5 nitrogen and oxygen atoms in total. The first kappa shape index (κ1) is 22.0. The van der Waals surface area contributed by atoms with Crippen LogP contribution in [0.2, 0.25) is 0 Å². The number of rotatable bonds is 7. The molecule has 1 fully saturated rings. The van der Waals surface area contributed by atoms with Gasteiger partial charge in [0.25, 0.3) is 5.91 Å². The quantitative estimate of drug-likeness (QED) is 0.585. The molecule has 0 aromatic heterocycles. The van der Waals surface area contributed by atoms with Gasteiger partial charge in [-0.25, -0.2) is 4.99 Å². The fourth-order valence-corrected chi connectivity index (χ4v) is 3.80. The number of amides is 1. The topological polar surface area (TPSA) is 59.9 Å². The van der Waals surface area contributed by atoms with Gasteiger partial charge in [-0.3, -0.25) is 4.79 Å². The maximum atomic E-state index is 12.4. The van der Waals surface area contributed by atoms with Crippen molar-refractivity contribution in [2.45, 2.75) is 34.1 Å². The Morgan fingerprint density at radius 2 is 1.93 bits per heavy atom. The summed E-state index contributed by atoms with van der Waals surface area (Å²) >= 11 is 1.33. The summed E-state index contributed by atoms with van der Waals surface area (Å²) in [6.45, 7) is 9.04. The number of nitrogens with one attached hydrogen (secondary N) is 1. The zero-order chi connectivity index (χ0) is 21.7. The molecule has 1 aliphatic heterocycles. The summed E-state index contributed by atoms with van der Waals surface area (Å²) in [5, 5.41) is 3.42. The summed E-state index contributed by atoms with van der Waals surface area (Å²) in [7, 11) is 1.62. The number of ether oxygens (including phenoxy) is 2. The van der Waals surface area contributed by atoms with Crippen LogP contribution in [0.1, 0.15) is 37.0 Å². The van der Waals surface area contributed by atoms with Crippen molar-refractivity contribution in [3.63, 3.8) is 0 Å². The lowest BCUT2D eigenvalue weighted by atomic mass is 10.1. The van der Waals surface area contributed by atoms with Crippen molar-refractivity contribution >= 4 is 34.6 Å². The number of methoxy groups -OCH3 is 1. The Hall–Kier alpha value is -2.73. The highest BCUT2D eigenvalue weighted by atomic mass is 32.2. The highest BCUT2D eigenvalue weighted by Crippen LogP contribution is 2.33. The van der Waals surface area contributed by atoms with Crippen LogP contribution >= 0.6 is 11.8 Å². The van der Waals surface area contributed by atoms with Crippen LogP contribution in [0.25, 0.3) is 6.08 Å². The van der Waals surface area contributed by atoms with Gasteiger partial charge in [-0.1, -0.05) is 37.6 Å². The second-order valence-electron chi connectivity index (χ2n) is 7.71. The molecule has 0 radical (unpaired) electrons. The highest BCUT2D eigenvalue weighted by molar-refractivity contribution is 8.18. The number of aryl methyl sites for hydroxylation is 2. The third-order valence-corrected chi connectivity index (χ3v) is 5.57. The number of aliphatic imine (C=N–C) groups is 1. The van der Waals surface area contributed by atoms with Crippen LogP contribution in [0.5, 0.6) is 11.5 Å².